The molecule has 0 bridgehead atoms. The Bertz CT molecular complexity index is 1110. The van der Waals surface area contributed by atoms with E-state index >= 15 is 0 Å². The lowest BCUT2D eigenvalue weighted by molar-refractivity contribution is -0.143. The zero-order chi connectivity index (χ0) is 47.9. The standard InChI is InChI=1S/C60H111NO5/c1-3-5-7-9-11-13-14-15-16-17-21-25-28-31-34-38-42-46-50-54-60(65)66-55-51-47-43-39-35-32-29-26-23-20-18-19-22-24-27-30-33-37-41-45-49-53-59(64)61-57(56-62)58(63)52-48-44-40-36-12-10-8-6-4-2/h15-16,32,35,43,47-48,52,57-58,62-63H,3-14,17-31,33-34,36-42,44-46,49-51,53-56H2,1-2H3,(H,61,64)/b16-15-,35-32-,47-43-,52-48+. The van der Waals surface area contributed by atoms with Crippen LogP contribution in [0.1, 0.15) is 296 Å². The second kappa shape index (κ2) is 55.4. The first kappa shape index (κ1) is 63.8. The molecule has 0 saturated heterocycles. The van der Waals surface area contributed by atoms with Crippen LogP contribution in [0, 0.1) is 0 Å². The van der Waals surface area contributed by atoms with E-state index in [1.54, 1.807) is 6.08 Å². The fourth-order valence-corrected chi connectivity index (χ4v) is 8.64. The van der Waals surface area contributed by atoms with Gasteiger partial charge in [0.15, 0.2) is 0 Å². The topological polar surface area (TPSA) is 95.9 Å². The number of carbonyl (C=O) groups is 2. The summed E-state index contributed by atoms with van der Waals surface area (Å²) in [4.78, 5) is 24.4. The Morgan fingerprint density at radius 3 is 1.17 bits per heavy atom. The fraction of sp³-hybridized carbons (Fsp3) is 0.833. The van der Waals surface area contributed by atoms with Gasteiger partial charge < -0.3 is 20.3 Å². The van der Waals surface area contributed by atoms with Crippen molar-refractivity contribution in [2.75, 3.05) is 13.2 Å². The molecule has 0 aromatic carbocycles. The Morgan fingerprint density at radius 2 is 0.758 bits per heavy atom. The number of carbonyl (C=O) groups excluding carboxylic acids is 2. The molecule has 0 aliphatic carbocycles. The molecule has 6 nitrogen and oxygen atoms in total. The van der Waals surface area contributed by atoms with Crippen LogP contribution < -0.4 is 5.32 Å². The maximum absolute atomic E-state index is 12.4. The van der Waals surface area contributed by atoms with E-state index in [2.05, 4.69) is 55.6 Å². The highest BCUT2D eigenvalue weighted by molar-refractivity contribution is 5.76. The molecule has 66 heavy (non-hydrogen) atoms. The van der Waals surface area contributed by atoms with Gasteiger partial charge in [0.1, 0.15) is 0 Å². The summed E-state index contributed by atoms with van der Waals surface area (Å²) in [7, 11) is 0. The summed E-state index contributed by atoms with van der Waals surface area (Å²) in [5, 5.41) is 22.9. The zero-order valence-electron chi connectivity index (χ0n) is 43.9. The van der Waals surface area contributed by atoms with Gasteiger partial charge in [-0.3, -0.25) is 9.59 Å². The van der Waals surface area contributed by atoms with E-state index in [-0.39, 0.29) is 18.5 Å². The number of esters is 1. The van der Waals surface area contributed by atoms with Crippen LogP contribution in [0.4, 0.5) is 0 Å². The Labute approximate surface area is 410 Å². The van der Waals surface area contributed by atoms with Gasteiger partial charge in [0.05, 0.1) is 25.4 Å². The smallest absolute Gasteiger partial charge is 0.305 e. The molecule has 0 heterocycles. The molecule has 0 aromatic heterocycles. The lowest BCUT2D eigenvalue weighted by atomic mass is 10.0. The van der Waals surface area contributed by atoms with Crippen LogP contribution in [0.15, 0.2) is 48.6 Å². The van der Waals surface area contributed by atoms with E-state index in [9.17, 15) is 19.8 Å². The van der Waals surface area contributed by atoms with Gasteiger partial charge >= 0.3 is 5.97 Å². The van der Waals surface area contributed by atoms with Crippen molar-refractivity contribution < 1.29 is 24.5 Å². The predicted octanol–water partition coefficient (Wildman–Crippen LogP) is 17.8. The van der Waals surface area contributed by atoms with Crippen molar-refractivity contribution in [3.63, 3.8) is 0 Å². The highest BCUT2D eigenvalue weighted by Gasteiger charge is 2.18. The molecule has 2 atom stereocenters. The van der Waals surface area contributed by atoms with Crippen molar-refractivity contribution in [2.24, 2.45) is 0 Å². The van der Waals surface area contributed by atoms with Gasteiger partial charge in [-0.15, -0.1) is 0 Å². The molecule has 2 unspecified atom stereocenters. The van der Waals surface area contributed by atoms with Crippen molar-refractivity contribution in [3.8, 4) is 0 Å². The van der Waals surface area contributed by atoms with Gasteiger partial charge in [-0.1, -0.05) is 255 Å². The van der Waals surface area contributed by atoms with Crippen molar-refractivity contribution in [2.45, 2.75) is 309 Å². The number of aliphatic hydroxyl groups is 2. The number of unbranched alkanes of at least 4 members (excludes halogenated alkanes) is 36. The number of rotatable bonds is 53. The van der Waals surface area contributed by atoms with Crippen LogP contribution in [0.3, 0.4) is 0 Å². The molecule has 6 heteroatoms. The van der Waals surface area contributed by atoms with Crippen LogP contribution in [-0.2, 0) is 14.3 Å². The van der Waals surface area contributed by atoms with Crippen molar-refractivity contribution in [1.29, 1.82) is 0 Å². The first-order valence-electron chi connectivity index (χ1n) is 28.9. The molecule has 0 spiro atoms. The molecule has 386 valence electrons. The average molecular weight is 927 g/mol. The Kier molecular flexibility index (Phi) is 53.6. The minimum atomic E-state index is -0.846. The first-order valence-corrected chi connectivity index (χ1v) is 28.9. The van der Waals surface area contributed by atoms with Crippen molar-refractivity contribution in [3.05, 3.63) is 48.6 Å². The summed E-state index contributed by atoms with van der Waals surface area (Å²) in [6, 6.07) is -0.630. The third kappa shape index (κ3) is 51.2. The third-order valence-corrected chi connectivity index (χ3v) is 13.1. The fourth-order valence-electron chi connectivity index (χ4n) is 8.64. The largest absolute Gasteiger partial charge is 0.465 e. The number of ether oxygens (including phenoxy) is 1. The van der Waals surface area contributed by atoms with Crippen molar-refractivity contribution >= 4 is 11.9 Å². The Morgan fingerprint density at radius 1 is 0.424 bits per heavy atom. The van der Waals surface area contributed by atoms with E-state index in [1.807, 2.05) is 6.08 Å². The van der Waals surface area contributed by atoms with Crippen molar-refractivity contribution in [1.82, 2.24) is 5.32 Å². The summed E-state index contributed by atoms with van der Waals surface area (Å²) in [6.45, 7) is 4.76. The number of aliphatic hydroxyl groups excluding tert-OH is 2. The summed E-state index contributed by atoms with van der Waals surface area (Å²) >= 11 is 0. The minimum absolute atomic E-state index is 0.0370. The predicted molar refractivity (Wildman–Crippen MR) is 287 cm³/mol. The quantitative estimate of drug-likeness (QED) is 0.0321. The SMILES string of the molecule is CCCCCCCC/C=C\CCCCCCCCCCCC(=O)OCC/C=C\C/C=C\CCCCCCCCCCCCCCCCC(=O)NC(CO)C(O)/C=C/CCCCCCCCC. The highest BCUT2D eigenvalue weighted by Crippen LogP contribution is 2.16. The summed E-state index contributed by atoms with van der Waals surface area (Å²) in [5.74, 6) is -0.113. The third-order valence-electron chi connectivity index (χ3n) is 13.1. The highest BCUT2D eigenvalue weighted by atomic mass is 16.5. The molecular weight excluding hydrogens is 815 g/mol. The lowest BCUT2D eigenvalue weighted by Crippen LogP contribution is -2.45. The molecule has 0 saturated carbocycles. The minimum Gasteiger partial charge on any atom is -0.465 e. The molecule has 0 aromatic rings. The van der Waals surface area contributed by atoms with E-state index in [0.717, 1.165) is 51.4 Å². The van der Waals surface area contributed by atoms with Gasteiger partial charge in [-0.2, -0.15) is 0 Å². The van der Waals surface area contributed by atoms with E-state index in [0.29, 0.717) is 19.4 Å². The van der Waals surface area contributed by atoms with Gasteiger partial charge in [0.2, 0.25) is 5.91 Å². The number of hydrogen-bond acceptors (Lipinski definition) is 5. The number of nitrogens with one attached hydrogen (secondary N) is 1. The van der Waals surface area contributed by atoms with Crippen LogP contribution in [0.5, 0.6) is 0 Å². The second-order valence-electron chi connectivity index (χ2n) is 19.6. The Balaban J connectivity index is 3.44. The van der Waals surface area contributed by atoms with Crippen LogP contribution in [0.2, 0.25) is 0 Å². The molecule has 0 radical (unpaired) electrons. The van der Waals surface area contributed by atoms with Crippen LogP contribution in [-0.4, -0.2) is 47.4 Å². The maximum atomic E-state index is 12.4. The Hall–Kier alpha value is -2.18. The molecule has 0 aliphatic rings. The zero-order valence-corrected chi connectivity index (χ0v) is 43.9. The van der Waals surface area contributed by atoms with Crippen LogP contribution in [0.25, 0.3) is 0 Å². The molecular formula is C60H111NO5. The summed E-state index contributed by atoms with van der Waals surface area (Å²) < 4.78 is 5.43. The normalized spacial score (nSPS) is 13.0. The second-order valence-corrected chi connectivity index (χ2v) is 19.6. The number of allylic oxidation sites excluding steroid dienone is 6. The first-order chi connectivity index (χ1) is 32.5. The average Bonchev–Trinajstić information content (AvgIpc) is 3.32. The van der Waals surface area contributed by atoms with E-state index in [1.165, 1.54) is 218 Å². The van der Waals surface area contributed by atoms with Gasteiger partial charge in [-0.25, -0.2) is 0 Å². The van der Waals surface area contributed by atoms with Gasteiger partial charge in [0.25, 0.3) is 0 Å². The molecule has 0 aliphatic heterocycles. The number of amides is 1. The van der Waals surface area contributed by atoms with Gasteiger partial charge in [-0.05, 0) is 77.0 Å². The van der Waals surface area contributed by atoms with E-state index in [4.69, 9.17) is 4.74 Å². The lowest BCUT2D eigenvalue weighted by Gasteiger charge is -2.20. The number of hydrogen-bond donors (Lipinski definition) is 3. The van der Waals surface area contributed by atoms with Crippen LogP contribution >= 0.6 is 0 Å². The molecule has 3 N–H and O–H groups in total. The summed E-state index contributed by atoms with van der Waals surface area (Å²) in [5.41, 5.74) is 0. The maximum Gasteiger partial charge on any atom is 0.305 e. The molecule has 1 amide bonds. The summed E-state index contributed by atoms with van der Waals surface area (Å²) in [6.07, 6.45) is 70.2. The molecule has 0 rings (SSSR count). The van der Waals surface area contributed by atoms with Gasteiger partial charge in [0, 0.05) is 12.8 Å². The molecule has 0 fully saturated rings. The monoisotopic (exact) mass is 926 g/mol. The van der Waals surface area contributed by atoms with E-state index < -0.39 is 12.1 Å².